The molecule has 588 valence electrons. The Morgan fingerprint density at radius 2 is 0.467 bits per heavy atom. The van der Waals surface area contributed by atoms with Gasteiger partial charge in [0.05, 0.1) is 54.3 Å². The van der Waals surface area contributed by atoms with Gasteiger partial charge in [-0.3, -0.25) is 14.2 Å². The van der Waals surface area contributed by atoms with Gasteiger partial charge in [-0.05, 0) is 91.0 Å². The van der Waals surface area contributed by atoms with Crippen LogP contribution in [0.15, 0.2) is 106 Å². The van der Waals surface area contributed by atoms with Gasteiger partial charge < -0.3 is 164 Å². The summed E-state index contributed by atoms with van der Waals surface area (Å²) in [7, 11) is -15.3. The summed E-state index contributed by atoms with van der Waals surface area (Å²) >= 11 is 0. The van der Waals surface area contributed by atoms with Crippen molar-refractivity contribution >= 4 is 47.1 Å². The number of aliphatic hydroxyl groups is 21. The maximum atomic E-state index is 14.4. The van der Waals surface area contributed by atoms with E-state index in [4.69, 9.17) is 56.8 Å². The van der Waals surface area contributed by atoms with Crippen LogP contribution in [0, 0.1) is 0 Å². The third-order valence-electron chi connectivity index (χ3n) is 17.7. The second-order valence-electron chi connectivity index (χ2n) is 24.9. The van der Waals surface area contributed by atoms with Crippen LogP contribution >= 0.6 is 0 Å². The van der Waals surface area contributed by atoms with Crippen molar-refractivity contribution in [1.29, 1.82) is 0 Å². The van der Waals surface area contributed by atoms with E-state index in [0.29, 0.717) is 18.2 Å². The monoisotopic (exact) mass is 1560 g/mol. The molecule has 10 rings (SSSR count). The Morgan fingerprint density at radius 3 is 0.676 bits per heavy atom. The standard InChI is InChI=1S/C60H81N3O39S3/c64-16-31-37(70)40(73)46(79)58(94-31)100-52-34(19-67)97-55(49(82)43(52)76)91-25-7-1-22(2-8-25)61-103(85,86)28-13-29(104(87,88)62-23-3-9-26(10-4-23)92-56-50(83)44(77)53(35(20-68)98-56)101-59-47(80)41(74)38(71)32(17-65)95-59)15-30(14-28)105(89,90)63-24-5-11-27(12-6-24)93-57-51(84)45(78)54(36(21-69)99-57)102-60-48(81)42(75)39(72)33(18-66)96-60/h1-15,31-84H,16-21H2/t31-,32-,33-,34-,35-,36-,37-,38-,39-,40+,41+,42+,43-,44-,45-,46-,47-,48-,49-,50-,51-,52-,53-,54-,55-,56-,57-,58+,59+,60+/m1/s1. The number of benzene rings is 4. The highest BCUT2D eigenvalue weighted by atomic mass is 32.2. The Labute approximate surface area is 595 Å². The zero-order chi connectivity index (χ0) is 76.5. The van der Waals surface area contributed by atoms with Crippen molar-refractivity contribution < 1.29 is 189 Å². The highest BCUT2D eigenvalue weighted by Crippen LogP contribution is 2.37. The van der Waals surface area contributed by atoms with Gasteiger partial charge in [0, 0.05) is 17.1 Å². The van der Waals surface area contributed by atoms with E-state index in [1.807, 2.05) is 0 Å². The van der Waals surface area contributed by atoms with E-state index >= 15 is 0 Å². The van der Waals surface area contributed by atoms with Gasteiger partial charge in [0.25, 0.3) is 30.1 Å². The lowest BCUT2D eigenvalue weighted by atomic mass is 9.97. The molecule has 45 heteroatoms. The molecule has 6 aliphatic rings. The van der Waals surface area contributed by atoms with E-state index in [1.165, 1.54) is 0 Å². The highest BCUT2D eigenvalue weighted by Gasteiger charge is 2.55. The van der Waals surface area contributed by atoms with Crippen LogP contribution in [-0.2, 0) is 72.7 Å². The number of hydrogen-bond donors (Lipinski definition) is 24. The Morgan fingerprint density at radius 1 is 0.267 bits per heavy atom. The molecular formula is C60H81N3O39S3. The maximum Gasteiger partial charge on any atom is 0.261 e. The van der Waals surface area contributed by atoms with Gasteiger partial charge >= 0.3 is 0 Å². The lowest BCUT2D eigenvalue weighted by Gasteiger charge is -2.45. The summed E-state index contributed by atoms with van der Waals surface area (Å²) in [4.78, 5) is -3.02. The smallest absolute Gasteiger partial charge is 0.261 e. The van der Waals surface area contributed by atoms with Crippen LogP contribution in [0.1, 0.15) is 0 Å². The minimum absolute atomic E-state index is 0.187. The molecule has 4 aromatic rings. The fourth-order valence-electron chi connectivity index (χ4n) is 11.8. The Bertz CT molecular complexity index is 3430. The van der Waals surface area contributed by atoms with Crippen molar-refractivity contribution in [2.45, 2.75) is 199 Å². The third-order valence-corrected chi connectivity index (χ3v) is 21.8. The first-order chi connectivity index (χ1) is 49.7. The lowest BCUT2D eigenvalue weighted by Crippen LogP contribution is -2.65. The first-order valence-corrected chi connectivity index (χ1v) is 36.4. The van der Waals surface area contributed by atoms with Gasteiger partial charge in [-0.2, -0.15) is 0 Å². The summed E-state index contributed by atoms with van der Waals surface area (Å²) in [6.45, 7) is -5.28. The number of nitrogens with one attached hydrogen (secondary N) is 3. The molecular weight excluding hydrogens is 1480 g/mol. The summed E-state index contributed by atoms with van der Waals surface area (Å²) < 4.78 is 160. The van der Waals surface area contributed by atoms with Gasteiger partial charge in [-0.15, -0.1) is 0 Å². The molecule has 6 saturated heterocycles. The van der Waals surface area contributed by atoms with E-state index in [2.05, 4.69) is 14.2 Å². The quantitative estimate of drug-likeness (QED) is 0.0264. The van der Waals surface area contributed by atoms with Crippen molar-refractivity contribution in [1.82, 2.24) is 0 Å². The largest absolute Gasteiger partial charge is 0.462 e. The second kappa shape index (κ2) is 34.1. The van der Waals surface area contributed by atoms with Crippen LogP contribution < -0.4 is 28.4 Å². The molecule has 6 fully saturated rings. The van der Waals surface area contributed by atoms with E-state index < -0.39 is 269 Å². The third kappa shape index (κ3) is 18.0. The number of anilines is 3. The van der Waals surface area contributed by atoms with E-state index in [0.717, 1.165) is 72.8 Å². The summed E-state index contributed by atoms with van der Waals surface area (Å²) in [5, 5.41) is 219. The number of aliphatic hydroxyl groups excluding tert-OH is 21. The molecule has 0 spiro atoms. The molecule has 0 unspecified atom stereocenters. The predicted molar refractivity (Wildman–Crippen MR) is 339 cm³/mol. The van der Waals surface area contributed by atoms with Crippen LogP contribution in [0.5, 0.6) is 17.2 Å². The molecule has 105 heavy (non-hydrogen) atoms. The highest BCUT2D eigenvalue weighted by molar-refractivity contribution is 7.94. The Hall–Kier alpha value is -5.67. The first kappa shape index (κ1) is 81.8. The molecule has 0 radical (unpaired) electrons. The number of sulfonamides is 3. The summed E-state index contributed by atoms with van der Waals surface area (Å²) in [5.74, 6) is -0.562. The number of hydrogen-bond acceptors (Lipinski definition) is 39. The molecule has 30 atom stereocenters. The lowest BCUT2D eigenvalue weighted by molar-refractivity contribution is -0.352. The SMILES string of the molecule is O=S(=O)(Nc1ccc(O[C@@H]2O[C@H](CO)[C@@H](O[C@@H]3O[C@H](CO)[C@@H](O)[C@H](O)[C@H]3O)[C@H](O)[C@H]2O)cc1)c1cc(S(=O)(=O)Nc2ccc(O[C@@H]3O[C@H](CO)[C@@H](O[C@@H]4O[C@H](CO)[C@@H](O)[C@H](O)[C@H]4O)[C@H](O)[C@H]3O)cc2)cc(S(=O)(=O)Nc2ccc(O[C@@H]3O[C@H](CO)[C@@H](O[C@@H]4O[C@H](CO)[C@@H](O)[C@H](O)[C@H]4O)[C@H](O)[C@H]3O)cc2)c1. The summed E-state index contributed by atoms with van der Waals surface area (Å²) in [6, 6.07) is 14.9. The predicted octanol–water partition coefficient (Wildman–Crippen LogP) is -10.9. The fraction of sp³-hybridized carbons (Fsp3) is 0.600. The number of ether oxygens (including phenoxy) is 12. The first-order valence-electron chi connectivity index (χ1n) is 32.0. The molecule has 0 bridgehead atoms. The average Bonchev–Trinajstić information content (AvgIpc) is 0.786. The van der Waals surface area contributed by atoms with Gasteiger partial charge in [0.1, 0.15) is 164 Å². The maximum absolute atomic E-state index is 14.4. The second-order valence-corrected chi connectivity index (χ2v) is 29.9. The van der Waals surface area contributed by atoms with Crippen molar-refractivity contribution in [2.24, 2.45) is 0 Å². The minimum Gasteiger partial charge on any atom is -0.462 e. The molecule has 6 heterocycles. The van der Waals surface area contributed by atoms with E-state index in [9.17, 15) is 132 Å². The van der Waals surface area contributed by atoms with E-state index in [-0.39, 0.29) is 34.3 Å². The Kier molecular flexibility index (Phi) is 26.6. The van der Waals surface area contributed by atoms with Gasteiger partial charge in [-0.1, -0.05) is 0 Å². The molecule has 0 saturated carbocycles. The zero-order valence-corrected chi connectivity index (χ0v) is 56.6. The molecule has 0 aliphatic carbocycles. The van der Waals surface area contributed by atoms with Crippen molar-refractivity contribution in [3.05, 3.63) is 91.0 Å². The molecule has 0 amide bonds. The molecule has 42 nitrogen and oxygen atoms in total. The van der Waals surface area contributed by atoms with Crippen molar-refractivity contribution in [2.75, 3.05) is 53.8 Å². The minimum atomic E-state index is -5.09. The average molecular weight is 1560 g/mol. The fourth-order valence-corrected chi connectivity index (χ4v) is 15.4. The van der Waals surface area contributed by atoms with Crippen LogP contribution in [0.4, 0.5) is 17.1 Å². The van der Waals surface area contributed by atoms with Gasteiger partial charge in [-0.25, -0.2) is 25.3 Å². The zero-order valence-electron chi connectivity index (χ0n) is 54.2. The van der Waals surface area contributed by atoms with Crippen LogP contribution in [-0.4, -0.2) is 356 Å². The van der Waals surface area contributed by atoms with Gasteiger partial charge in [0.15, 0.2) is 18.9 Å². The van der Waals surface area contributed by atoms with Crippen LogP contribution in [0.25, 0.3) is 0 Å². The number of rotatable bonds is 27. The molecule has 6 aliphatic heterocycles. The summed E-state index contributed by atoms with van der Waals surface area (Å²) in [6.07, 6.45) is -53.8. The topological polar surface area (TPSA) is 674 Å². The van der Waals surface area contributed by atoms with Crippen molar-refractivity contribution in [3.8, 4) is 17.2 Å². The van der Waals surface area contributed by atoms with Gasteiger partial charge in [0.2, 0.25) is 18.9 Å². The van der Waals surface area contributed by atoms with E-state index in [1.54, 1.807) is 0 Å². The molecule has 0 aromatic heterocycles. The molecule has 24 N–H and O–H groups in total. The molecule has 4 aromatic carbocycles. The summed E-state index contributed by atoms with van der Waals surface area (Å²) in [5.41, 5.74) is -0.889. The van der Waals surface area contributed by atoms with Crippen LogP contribution in [0.2, 0.25) is 0 Å². The van der Waals surface area contributed by atoms with Crippen molar-refractivity contribution in [3.63, 3.8) is 0 Å². The normalized spacial score (nSPS) is 38.5. The Balaban J connectivity index is 0.851. The van der Waals surface area contributed by atoms with Crippen LogP contribution in [0.3, 0.4) is 0 Å².